The number of nitrogens with two attached hydrogens (primary N) is 1. The molecule has 2 N–H and O–H groups in total. The van der Waals surface area contributed by atoms with Crippen LogP contribution in [0, 0.1) is 0 Å². The van der Waals surface area contributed by atoms with Crippen LogP contribution in [0.5, 0.6) is 0 Å². The van der Waals surface area contributed by atoms with Gasteiger partial charge in [0.1, 0.15) is 6.61 Å². The molecule has 0 aliphatic rings. The van der Waals surface area contributed by atoms with Gasteiger partial charge in [0.05, 0.1) is 12.2 Å². The van der Waals surface area contributed by atoms with Crippen LogP contribution in [0.1, 0.15) is 10.4 Å². The van der Waals surface area contributed by atoms with Crippen molar-refractivity contribution in [2.75, 3.05) is 18.5 Å². The number of carbonyl (C=O) groups excluding carboxylic acids is 1. The van der Waals surface area contributed by atoms with E-state index in [-0.39, 0.29) is 0 Å². The maximum Gasteiger partial charge on any atom is 0.249 e. The number of pyridine rings is 1. The fraction of sp³-hybridized carbons (Fsp3) is 0.400. The van der Waals surface area contributed by atoms with Crippen molar-refractivity contribution in [3.05, 3.63) is 30.1 Å². The molecule has 1 aromatic rings. The quantitative estimate of drug-likeness (QED) is 0.466. The molecule has 1 rings (SSSR count). The van der Waals surface area contributed by atoms with Gasteiger partial charge in [0.2, 0.25) is 5.91 Å². The van der Waals surface area contributed by atoms with E-state index in [1.54, 1.807) is 12.1 Å². The van der Waals surface area contributed by atoms with Crippen LogP contribution in [0.4, 0.5) is 0 Å². The van der Waals surface area contributed by atoms with Crippen molar-refractivity contribution in [1.29, 1.82) is 0 Å². The van der Waals surface area contributed by atoms with Crippen molar-refractivity contribution < 1.29 is 14.1 Å². The standard InChI is InChI=1S/C10H13BrN2O2/c11-3-7-15-8-6-13-4-1-9(2-5-13)10(12)14/h1-2,4-5H,3,6-8H2,(H-,12,14)/p+1. The minimum absolute atomic E-state index is 0.405. The Hall–Kier alpha value is -0.940. The second-order valence-electron chi connectivity index (χ2n) is 2.99. The Balaban J connectivity index is 2.39. The Bertz CT molecular complexity index is 314. The minimum atomic E-state index is -0.405. The fourth-order valence-corrected chi connectivity index (χ4v) is 1.33. The van der Waals surface area contributed by atoms with E-state index in [1.165, 1.54) is 0 Å². The first-order valence-corrected chi connectivity index (χ1v) is 5.79. The highest BCUT2D eigenvalue weighted by molar-refractivity contribution is 9.09. The number of primary amides is 1. The monoisotopic (exact) mass is 273 g/mol. The van der Waals surface area contributed by atoms with E-state index in [9.17, 15) is 4.79 Å². The van der Waals surface area contributed by atoms with Crippen molar-refractivity contribution in [2.24, 2.45) is 5.73 Å². The number of aromatic nitrogens is 1. The largest absolute Gasteiger partial charge is 0.374 e. The third kappa shape index (κ3) is 4.40. The van der Waals surface area contributed by atoms with Crippen LogP contribution in [0.2, 0.25) is 0 Å². The zero-order valence-corrected chi connectivity index (χ0v) is 9.94. The minimum Gasteiger partial charge on any atom is -0.374 e. The number of ether oxygens (including phenoxy) is 1. The maximum absolute atomic E-state index is 10.8. The molecule has 0 saturated heterocycles. The smallest absolute Gasteiger partial charge is 0.249 e. The molecule has 4 nitrogen and oxygen atoms in total. The van der Waals surface area contributed by atoms with Gasteiger partial charge in [-0.15, -0.1) is 0 Å². The molecular formula is C10H14BrN2O2+. The summed E-state index contributed by atoms with van der Waals surface area (Å²) >= 11 is 3.28. The van der Waals surface area contributed by atoms with E-state index in [2.05, 4.69) is 15.9 Å². The van der Waals surface area contributed by atoms with Gasteiger partial charge < -0.3 is 10.5 Å². The van der Waals surface area contributed by atoms with Crippen molar-refractivity contribution in [3.8, 4) is 0 Å². The van der Waals surface area contributed by atoms with Gasteiger partial charge in [-0.3, -0.25) is 4.79 Å². The summed E-state index contributed by atoms with van der Waals surface area (Å²) in [4.78, 5) is 10.8. The van der Waals surface area contributed by atoms with Crippen LogP contribution < -0.4 is 10.3 Å². The van der Waals surface area contributed by atoms with Gasteiger partial charge in [-0.2, -0.15) is 0 Å². The highest BCUT2D eigenvalue weighted by atomic mass is 79.9. The van der Waals surface area contributed by atoms with Gasteiger partial charge >= 0.3 is 0 Å². The summed E-state index contributed by atoms with van der Waals surface area (Å²) in [6, 6.07) is 3.40. The zero-order valence-electron chi connectivity index (χ0n) is 8.36. The molecule has 1 aromatic heterocycles. The molecule has 15 heavy (non-hydrogen) atoms. The summed E-state index contributed by atoms with van der Waals surface area (Å²) in [5.41, 5.74) is 5.65. The van der Waals surface area contributed by atoms with Crippen LogP contribution in [0.3, 0.4) is 0 Å². The summed E-state index contributed by atoms with van der Waals surface area (Å²) < 4.78 is 7.25. The van der Waals surface area contributed by atoms with E-state index in [0.29, 0.717) is 18.8 Å². The highest BCUT2D eigenvalue weighted by Crippen LogP contribution is 1.92. The highest BCUT2D eigenvalue weighted by Gasteiger charge is 2.03. The van der Waals surface area contributed by atoms with Gasteiger partial charge in [0, 0.05) is 17.5 Å². The van der Waals surface area contributed by atoms with Gasteiger partial charge in [-0.1, -0.05) is 15.9 Å². The van der Waals surface area contributed by atoms with Gasteiger partial charge in [0.15, 0.2) is 18.9 Å². The van der Waals surface area contributed by atoms with Crippen molar-refractivity contribution in [2.45, 2.75) is 6.54 Å². The second kappa shape index (κ2) is 6.53. The predicted octanol–water partition coefficient (Wildman–Crippen LogP) is 0.484. The van der Waals surface area contributed by atoms with E-state index >= 15 is 0 Å². The number of amides is 1. The summed E-state index contributed by atoms with van der Waals surface area (Å²) in [6.07, 6.45) is 3.63. The second-order valence-corrected chi connectivity index (χ2v) is 3.78. The zero-order chi connectivity index (χ0) is 11.1. The Kier molecular flexibility index (Phi) is 5.28. The lowest BCUT2D eigenvalue weighted by Crippen LogP contribution is -2.35. The molecule has 0 aliphatic carbocycles. The summed E-state index contributed by atoms with van der Waals surface area (Å²) in [7, 11) is 0. The van der Waals surface area contributed by atoms with E-state index in [0.717, 1.165) is 11.9 Å². The van der Waals surface area contributed by atoms with Gasteiger partial charge in [0.25, 0.3) is 0 Å². The van der Waals surface area contributed by atoms with Gasteiger partial charge in [-0.25, -0.2) is 4.57 Å². The van der Waals surface area contributed by atoms with Crippen molar-refractivity contribution >= 4 is 21.8 Å². The van der Waals surface area contributed by atoms with E-state index < -0.39 is 5.91 Å². The maximum atomic E-state index is 10.8. The molecule has 1 heterocycles. The van der Waals surface area contributed by atoms with Crippen LogP contribution in [-0.2, 0) is 11.3 Å². The summed E-state index contributed by atoms with van der Waals surface area (Å²) in [5, 5.41) is 0.846. The molecule has 82 valence electrons. The molecule has 0 bridgehead atoms. The average Bonchev–Trinajstić information content (AvgIpc) is 2.25. The van der Waals surface area contributed by atoms with Crippen molar-refractivity contribution in [1.82, 2.24) is 0 Å². The lowest BCUT2D eigenvalue weighted by atomic mass is 10.2. The molecule has 0 unspecified atom stereocenters. The average molecular weight is 274 g/mol. The number of hydrogen-bond donors (Lipinski definition) is 1. The third-order valence-corrected chi connectivity index (χ3v) is 2.21. The first kappa shape index (κ1) is 12.1. The molecular weight excluding hydrogens is 260 g/mol. The number of rotatable bonds is 6. The fourth-order valence-electron chi connectivity index (χ4n) is 1.10. The number of hydrogen-bond acceptors (Lipinski definition) is 2. The first-order chi connectivity index (χ1) is 7.24. The number of alkyl halides is 1. The molecule has 0 aromatic carbocycles. The molecule has 0 atom stereocenters. The van der Waals surface area contributed by atoms with Crippen LogP contribution in [0.25, 0.3) is 0 Å². The Morgan fingerprint density at radius 2 is 2.07 bits per heavy atom. The summed E-state index contributed by atoms with van der Waals surface area (Å²) in [5.74, 6) is -0.405. The van der Waals surface area contributed by atoms with Crippen molar-refractivity contribution in [3.63, 3.8) is 0 Å². The molecule has 0 aliphatic heterocycles. The lowest BCUT2D eigenvalue weighted by molar-refractivity contribution is -0.698. The van der Waals surface area contributed by atoms with Gasteiger partial charge in [-0.05, 0) is 0 Å². The number of nitrogens with zero attached hydrogens (tertiary/aromatic N) is 1. The Morgan fingerprint density at radius 3 is 2.60 bits per heavy atom. The summed E-state index contributed by atoms with van der Waals surface area (Å²) in [6.45, 7) is 2.14. The van der Waals surface area contributed by atoms with E-state index in [4.69, 9.17) is 10.5 Å². The normalized spacial score (nSPS) is 10.2. The van der Waals surface area contributed by atoms with Crippen LogP contribution in [-0.4, -0.2) is 24.5 Å². The van der Waals surface area contributed by atoms with Crippen LogP contribution in [0.15, 0.2) is 24.5 Å². The Labute approximate surface area is 97.2 Å². The molecule has 5 heteroatoms. The lowest BCUT2D eigenvalue weighted by Gasteiger charge is -1.99. The first-order valence-electron chi connectivity index (χ1n) is 4.66. The topological polar surface area (TPSA) is 56.2 Å². The number of halogens is 1. The predicted molar refractivity (Wildman–Crippen MR) is 59.8 cm³/mol. The molecule has 0 spiro atoms. The molecule has 0 fully saturated rings. The third-order valence-electron chi connectivity index (χ3n) is 1.89. The number of carbonyl (C=O) groups is 1. The SMILES string of the molecule is NC(=O)c1cc[n+](CCOCCBr)cc1. The molecule has 0 radical (unpaired) electrons. The molecule has 0 saturated carbocycles. The molecule has 1 amide bonds. The van der Waals surface area contributed by atoms with Crippen LogP contribution >= 0.6 is 15.9 Å². The van der Waals surface area contributed by atoms with E-state index in [1.807, 2.05) is 17.0 Å². The Morgan fingerprint density at radius 1 is 1.40 bits per heavy atom.